The number of rotatable bonds is 3. The van der Waals surface area contributed by atoms with Crippen molar-refractivity contribution in [2.24, 2.45) is 0 Å². The van der Waals surface area contributed by atoms with Crippen molar-refractivity contribution in [1.82, 2.24) is 10.2 Å². The normalized spacial score (nSPS) is 24.3. The van der Waals surface area contributed by atoms with Gasteiger partial charge in [0.2, 0.25) is 0 Å². The van der Waals surface area contributed by atoms with E-state index in [4.69, 9.17) is 0 Å². The summed E-state index contributed by atoms with van der Waals surface area (Å²) in [4.78, 5) is 13.3. The monoisotopic (exact) mass is 186 g/mol. The lowest BCUT2D eigenvalue weighted by Crippen LogP contribution is -2.51. The van der Waals surface area contributed by atoms with Crippen LogP contribution in [0.2, 0.25) is 0 Å². The van der Waals surface area contributed by atoms with Crippen LogP contribution in [0.4, 0.5) is 0 Å². The maximum Gasteiger partial charge on any atom is 0.307 e. The molecule has 4 nitrogen and oxygen atoms in total. The molecule has 0 amide bonds. The van der Waals surface area contributed by atoms with Gasteiger partial charge in [-0.25, -0.2) is 0 Å². The molecule has 1 heterocycles. The molecule has 0 aliphatic carbocycles. The molecular formula is C9H18N2O2. The molecule has 1 N–H and O–H groups in total. The Morgan fingerprint density at radius 2 is 2.46 bits per heavy atom. The van der Waals surface area contributed by atoms with Crippen molar-refractivity contribution in [2.75, 3.05) is 33.3 Å². The van der Waals surface area contributed by atoms with Crippen LogP contribution >= 0.6 is 0 Å². The average Bonchev–Trinajstić information content (AvgIpc) is 2.18. The summed E-state index contributed by atoms with van der Waals surface area (Å²) in [6.07, 6.45) is 0.479. The maximum atomic E-state index is 11.0. The molecule has 0 radical (unpaired) electrons. The first kappa shape index (κ1) is 10.5. The summed E-state index contributed by atoms with van der Waals surface area (Å²) in [5, 5.41) is 3.31. The molecule has 0 saturated carbocycles. The van der Waals surface area contributed by atoms with Crippen molar-refractivity contribution in [3.63, 3.8) is 0 Å². The second kappa shape index (κ2) is 5.19. The third-order valence-corrected chi connectivity index (χ3v) is 2.43. The van der Waals surface area contributed by atoms with Crippen molar-refractivity contribution in [3.05, 3.63) is 0 Å². The van der Waals surface area contributed by atoms with Crippen molar-refractivity contribution < 1.29 is 9.53 Å². The Balaban J connectivity index is 2.29. The molecule has 0 spiro atoms. The van der Waals surface area contributed by atoms with E-state index in [9.17, 15) is 4.79 Å². The standard InChI is InChI=1S/C9H18N2O2/c1-3-11-5-4-10-8(7-11)6-9(12)13-2/h8,10H,3-7H2,1-2H3. The zero-order valence-electron chi connectivity index (χ0n) is 8.38. The molecular weight excluding hydrogens is 168 g/mol. The van der Waals surface area contributed by atoms with Crippen LogP contribution in [-0.4, -0.2) is 50.2 Å². The first-order valence-corrected chi connectivity index (χ1v) is 4.78. The predicted octanol–water partition coefficient (Wildman–Crippen LogP) is -0.157. The summed E-state index contributed by atoms with van der Waals surface area (Å²) in [5.41, 5.74) is 0. The molecule has 1 aliphatic rings. The number of piperazine rings is 1. The van der Waals surface area contributed by atoms with Crippen LogP contribution in [0.25, 0.3) is 0 Å². The minimum Gasteiger partial charge on any atom is -0.469 e. The number of nitrogens with one attached hydrogen (secondary N) is 1. The first-order valence-electron chi connectivity index (χ1n) is 4.78. The van der Waals surface area contributed by atoms with E-state index in [0.29, 0.717) is 6.42 Å². The predicted molar refractivity (Wildman–Crippen MR) is 50.5 cm³/mol. The van der Waals surface area contributed by atoms with Crippen molar-refractivity contribution >= 4 is 5.97 Å². The molecule has 1 unspecified atom stereocenters. The van der Waals surface area contributed by atoms with Gasteiger partial charge in [-0.15, -0.1) is 0 Å². The van der Waals surface area contributed by atoms with Gasteiger partial charge in [-0.1, -0.05) is 6.92 Å². The second-order valence-electron chi connectivity index (χ2n) is 3.32. The summed E-state index contributed by atoms with van der Waals surface area (Å²) in [6.45, 7) is 6.19. The molecule has 1 atom stereocenters. The number of methoxy groups -OCH3 is 1. The van der Waals surface area contributed by atoms with Gasteiger partial charge in [-0.3, -0.25) is 4.79 Å². The van der Waals surface area contributed by atoms with Crippen LogP contribution in [0.5, 0.6) is 0 Å². The van der Waals surface area contributed by atoms with E-state index in [1.807, 2.05) is 0 Å². The van der Waals surface area contributed by atoms with Gasteiger partial charge in [0.05, 0.1) is 13.5 Å². The van der Waals surface area contributed by atoms with E-state index >= 15 is 0 Å². The fraction of sp³-hybridized carbons (Fsp3) is 0.889. The summed E-state index contributed by atoms with van der Waals surface area (Å²) >= 11 is 0. The molecule has 1 aliphatic heterocycles. The van der Waals surface area contributed by atoms with E-state index < -0.39 is 0 Å². The van der Waals surface area contributed by atoms with Crippen LogP contribution < -0.4 is 5.32 Å². The Bertz CT molecular complexity index is 173. The van der Waals surface area contributed by atoms with Crippen LogP contribution in [0, 0.1) is 0 Å². The number of ether oxygens (including phenoxy) is 1. The molecule has 1 saturated heterocycles. The van der Waals surface area contributed by atoms with Gasteiger partial charge in [0, 0.05) is 25.7 Å². The quantitative estimate of drug-likeness (QED) is 0.622. The molecule has 0 bridgehead atoms. The largest absolute Gasteiger partial charge is 0.469 e. The van der Waals surface area contributed by atoms with Gasteiger partial charge in [-0.05, 0) is 6.54 Å². The highest BCUT2D eigenvalue weighted by Gasteiger charge is 2.20. The van der Waals surface area contributed by atoms with E-state index in [1.54, 1.807) is 0 Å². The third-order valence-electron chi connectivity index (χ3n) is 2.43. The lowest BCUT2D eigenvalue weighted by molar-refractivity contribution is -0.141. The number of nitrogens with zero attached hydrogens (tertiary/aromatic N) is 1. The molecule has 0 aromatic heterocycles. The van der Waals surface area contributed by atoms with Gasteiger partial charge in [-0.2, -0.15) is 0 Å². The molecule has 4 heteroatoms. The lowest BCUT2D eigenvalue weighted by atomic mass is 10.1. The molecule has 76 valence electrons. The number of carbonyl (C=O) groups excluding carboxylic acids is 1. The maximum absolute atomic E-state index is 11.0. The van der Waals surface area contributed by atoms with Crippen LogP contribution in [0.1, 0.15) is 13.3 Å². The number of carbonyl (C=O) groups is 1. The zero-order chi connectivity index (χ0) is 9.68. The molecule has 0 aromatic carbocycles. The number of esters is 1. The van der Waals surface area contributed by atoms with Gasteiger partial charge in [0.15, 0.2) is 0 Å². The Morgan fingerprint density at radius 1 is 1.69 bits per heavy atom. The van der Waals surface area contributed by atoms with Gasteiger partial charge in [0.25, 0.3) is 0 Å². The summed E-state index contributed by atoms with van der Waals surface area (Å²) in [7, 11) is 1.43. The van der Waals surface area contributed by atoms with Crippen molar-refractivity contribution in [3.8, 4) is 0 Å². The Kier molecular flexibility index (Phi) is 4.18. The Hall–Kier alpha value is -0.610. The SMILES string of the molecule is CCN1CCNC(CC(=O)OC)C1. The molecule has 1 fully saturated rings. The minimum absolute atomic E-state index is 0.129. The van der Waals surface area contributed by atoms with Crippen molar-refractivity contribution in [1.29, 1.82) is 0 Å². The number of hydrogen-bond acceptors (Lipinski definition) is 4. The second-order valence-corrected chi connectivity index (χ2v) is 3.32. The smallest absolute Gasteiger partial charge is 0.307 e. The Labute approximate surface area is 79.2 Å². The molecule has 0 aromatic rings. The zero-order valence-corrected chi connectivity index (χ0v) is 8.38. The van der Waals surface area contributed by atoms with Gasteiger partial charge < -0.3 is 15.0 Å². The Morgan fingerprint density at radius 3 is 3.08 bits per heavy atom. The van der Waals surface area contributed by atoms with Gasteiger partial charge >= 0.3 is 5.97 Å². The highest BCUT2D eigenvalue weighted by molar-refractivity contribution is 5.69. The first-order chi connectivity index (χ1) is 6.26. The highest BCUT2D eigenvalue weighted by Crippen LogP contribution is 2.02. The fourth-order valence-electron chi connectivity index (χ4n) is 1.60. The number of likely N-dealkylation sites (N-methyl/N-ethyl adjacent to an activating group) is 1. The van der Waals surface area contributed by atoms with Crippen LogP contribution in [0.15, 0.2) is 0 Å². The third kappa shape index (κ3) is 3.32. The van der Waals surface area contributed by atoms with Crippen LogP contribution in [-0.2, 0) is 9.53 Å². The van der Waals surface area contributed by atoms with E-state index in [2.05, 4.69) is 21.9 Å². The van der Waals surface area contributed by atoms with E-state index in [1.165, 1.54) is 7.11 Å². The van der Waals surface area contributed by atoms with Crippen molar-refractivity contribution in [2.45, 2.75) is 19.4 Å². The topological polar surface area (TPSA) is 41.6 Å². The highest BCUT2D eigenvalue weighted by atomic mass is 16.5. The van der Waals surface area contributed by atoms with E-state index in [-0.39, 0.29) is 12.0 Å². The summed E-state index contributed by atoms with van der Waals surface area (Å²) in [6, 6.07) is 0.265. The summed E-state index contributed by atoms with van der Waals surface area (Å²) in [5.74, 6) is -0.129. The van der Waals surface area contributed by atoms with E-state index in [0.717, 1.165) is 26.2 Å². The molecule has 13 heavy (non-hydrogen) atoms. The average molecular weight is 186 g/mol. The lowest BCUT2D eigenvalue weighted by Gasteiger charge is -2.32. The summed E-state index contributed by atoms with van der Waals surface area (Å²) < 4.78 is 4.62. The minimum atomic E-state index is -0.129. The number of hydrogen-bond donors (Lipinski definition) is 1. The fourth-order valence-corrected chi connectivity index (χ4v) is 1.60. The molecule has 1 rings (SSSR count). The van der Waals surface area contributed by atoms with Crippen LogP contribution in [0.3, 0.4) is 0 Å². The van der Waals surface area contributed by atoms with Gasteiger partial charge in [0.1, 0.15) is 0 Å².